The molecular formula is C25H38N8O3Si. The molecule has 1 N–H and O–H groups in total. The van der Waals surface area contributed by atoms with Crippen LogP contribution in [0.1, 0.15) is 33.6 Å². The lowest BCUT2D eigenvalue weighted by Crippen LogP contribution is -2.38. The van der Waals surface area contributed by atoms with E-state index in [1.54, 1.807) is 19.3 Å². The highest BCUT2D eigenvalue weighted by Gasteiger charge is 2.22. The predicted molar refractivity (Wildman–Crippen MR) is 142 cm³/mol. The average Bonchev–Trinajstić information content (AvgIpc) is 2.93. The molecule has 12 heteroatoms. The van der Waals surface area contributed by atoms with Crippen LogP contribution in [0.3, 0.4) is 0 Å². The molecule has 37 heavy (non-hydrogen) atoms. The predicted octanol–water partition coefficient (Wildman–Crippen LogP) is 2.27. The van der Waals surface area contributed by atoms with Crippen LogP contribution < -0.4 is 5.32 Å². The summed E-state index contributed by atoms with van der Waals surface area (Å²) in [5, 5.41) is 20.6. The van der Waals surface area contributed by atoms with E-state index in [2.05, 4.69) is 41.9 Å². The monoisotopic (exact) mass is 526 g/mol. The largest absolute Gasteiger partial charge is 0.379 e. The minimum atomic E-state index is -1.33. The van der Waals surface area contributed by atoms with Crippen LogP contribution in [0.4, 0.5) is 0 Å². The Hall–Kier alpha value is -3.13. The SMILES string of the molecule is C1COCCN1.C[Si](C)(C)C#N.Cc1ncc(C(C#N)N2CCOCC2)cn1.Cc1ncc(C=O)cn1. The fourth-order valence-electron chi connectivity index (χ4n) is 2.73. The highest BCUT2D eigenvalue weighted by atomic mass is 28.3. The molecule has 0 amide bonds. The number of hydrogen-bond donors (Lipinski definition) is 1. The van der Waals surface area contributed by atoms with Gasteiger partial charge in [-0.15, -0.1) is 0 Å². The van der Waals surface area contributed by atoms with E-state index < -0.39 is 8.07 Å². The van der Waals surface area contributed by atoms with Crippen LogP contribution in [0.25, 0.3) is 0 Å². The number of aldehydes is 1. The van der Waals surface area contributed by atoms with Crippen LogP contribution in [-0.2, 0) is 9.47 Å². The molecule has 11 nitrogen and oxygen atoms in total. The number of carbonyl (C=O) groups excluding carboxylic acids is 1. The lowest BCUT2D eigenvalue weighted by atomic mass is 10.1. The van der Waals surface area contributed by atoms with Crippen molar-refractivity contribution in [3.63, 3.8) is 0 Å². The summed E-state index contributed by atoms with van der Waals surface area (Å²) in [4.78, 5) is 28.0. The van der Waals surface area contributed by atoms with Gasteiger partial charge in [-0.3, -0.25) is 9.69 Å². The standard InChI is InChI=1S/C11H14N4O.C6H6N2O.C4H9NO.C4H9NSi/c1-9-13-7-10(8-14-9)11(6-12)15-2-4-16-5-3-15;1-5-7-2-6(4-9)3-8-5;1-3-6-4-2-5-1;1-6(2,3)4-5/h7-8,11H,2-5H2,1H3;2-4H,1H3;5H,1-4H2;1-3H3. The van der Waals surface area contributed by atoms with Gasteiger partial charge in [-0.25, -0.2) is 25.2 Å². The molecule has 1 unspecified atom stereocenters. The molecule has 2 aliphatic rings. The zero-order chi connectivity index (χ0) is 27.5. The number of nitrogens with zero attached hydrogens (tertiary/aromatic N) is 7. The molecule has 200 valence electrons. The van der Waals surface area contributed by atoms with E-state index in [1.165, 1.54) is 12.4 Å². The zero-order valence-electron chi connectivity index (χ0n) is 22.5. The van der Waals surface area contributed by atoms with Gasteiger partial charge in [0.15, 0.2) is 14.4 Å². The van der Waals surface area contributed by atoms with Gasteiger partial charge in [-0.05, 0) is 13.8 Å². The smallest absolute Gasteiger partial charge is 0.164 e. The lowest BCUT2D eigenvalue weighted by Gasteiger charge is -2.30. The highest BCUT2D eigenvalue weighted by Crippen LogP contribution is 2.19. The second-order valence-corrected chi connectivity index (χ2v) is 13.9. The van der Waals surface area contributed by atoms with E-state index in [1.807, 2.05) is 26.6 Å². The summed E-state index contributed by atoms with van der Waals surface area (Å²) in [6.07, 6.45) is 7.17. The van der Waals surface area contributed by atoms with Crippen molar-refractivity contribution in [2.24, 2.45) is 0 Å². The summed E-state index contributed by atoms with van der Waals surface area (Å²) in [5.41, 5.74) is 3.61. The van der Waals surface area contributed by atoms with Gasteiger partial charge in [-0.2, -0.15) is 5.26 Å². The number of morpholine rings is 2. The molecule has 4 rings (SSSR count). The van der Waals surface area contributed by atoms with Crippen molar-refractivity contribution in [2.45, 2.75) is 39.5 Å². The van der Waals surface area contributed by atoms with E-state index >= 15 is 0 Å². The first-order chi connectivity index (χ1) is 17.7. The Morgan fingerprint density at radius 3 is 1.73 bits per heavy atom. The van der Waals surface area contributed by atoms with E-state index in [0.717, 1.165) is 57.1 Å². The van der Waals surface area contributed by atoms with Crippen LogP contribution in [0.5, 0.6) is 0 Å². The highest BCUT2D eigenvalue weighted by molar-refractivity contribution is 6.83. The fourth-order valence-corrected chi connectivity index (χ4v) is 2.73. The molecule has 2 aromatic rings. The molecule has 0 aliphatic carbocycles. The van der Waals surface area contributed by atoms with Crippen molar-refractivity contribution < 1.29 is 14.3 Å². The molecule has 2 fully saturated rings. The minimum absolute atomic E-state index is 0.260. The molecule has 0 bridgehead atoms. The van der Waals surface area contributed by atoms with E-state index in [4.69, 9.17) is 14.7 Å². The molecule has 1 atom stereocenters. The van der Waals surface area contributed by atoms with Gasteiger partial charge in [0.05, 0.1) is 38.1 Å². The fraction of sp³-hybridized carbons (Fsp3) is 0.560. The van der Waals surface area contributed by atoms with E-state index in [9.17, 15) is 10.1 Å². The topological polar surface area (TPSA) is 150 Å². The number of rotatable bonds is 3. The van der Waals surface area contributed by atoms with Crippen molar-refractivity contribution >= 4 is 14.4 Å². The molecule has 0 saturated carbocycles. The Balaban J connectivity index is 0.000000275. The molecule has 0 aromatic carbocycles. The van der Waals surface area contributed by atoms with Crippen LogP contribution in [0.2, 0.25) is 19.6 Å². The van der Waals surface area contributed by atoms with Crippen LogP contribution in [0, 0.1) is 36.1 Å². The maximum absolute atomic E-state index is 10.0. The van der Waals surface area contributed by atoms with Crippen molar-refractivity contribution in [1.29, 1.82) is 10.5 Å². The van der Waals surface area contributed by atoms with E-state index in [-0.39, 0.29) is 6.04 Å². The Labute approximate surface area is 220 Å². The van der Waals surface area contributed by atoms with Crippen molar-refractivity contribution in [2.75, 3.05) is 52.6 Å². The molecule has 0 radical (unpaired) electrons. The van der Waals surface area contributed by atoms with Crippen molar-refractivity contribution in [3.8, 4) is 11.8 Å². The number of ether oxygens (including phenoxy) is 2. The number of nitrogens with one attached hydrogen (secondary N) is 1. The number of nitriles is 2. The Morgan fingerprint density at radius 1 is 0.919 bits per heavy atom. The first-order valence-corrected chi connectivity index (χ1v) is 15.6. The average molecular weight is 527 g/mol. The first-order valence-electron chi connectivity index (χ1n) is 12.1. The minimum Gasteiger partial charge on any atom is -0.379 e. The van der Waals surface area contributed by atoms with Gasteiger partial charge in [-0.1, -0.05) is 19.6 Å². The molecule has 2 saturated heterocycles. The van der Waals surface area contributed by atoms with Crippen molar-refractivity contribution in [1.82, 2.24) is 30.2 Å². The van der Waals surface area contributed by atoms with Gasteiger partial charge >= 0.3 is 0 Å². The van der Waals surface area contributed by atoms with Crippen LogP contribution in [0.15, 0.2) is 24.8 Å². The Morgan fingerprint density at radius 2 is 1.38 bits per heavy atom. The summed E-state index contributed by atoms with van der Waals surface area (Å²) < 4.78 is 10.3. The third kappa shape index (κ3) is 14.9. The summed E-state index contributed by atoms with van der Waals surface area (Å²) >= 11 is 0. The maximum Gasteiger partial charge on any atom is 0.164 e. The van der Waals surface area contributed by atoms with Gasteiger partial charge < -0.3 is 14.8 Å². The van der Waals surface area contributed by atoms with E-state index in [0.29, 0.717) is 24.6 Å². The second kappa shape index (κ2) is 18.2. The number of aryl methyl sites for hydroxylation is 2. The molecule has 0 spiro atoms. The number of hydrogen-bond acceptors (Lipinski definition) is 11. The quantitative estimate of drug-likeness (QED) is 0.463. The lowest BCUT2D eigenvalue weighted by molar-refractivity contribution is 0.0265. The zero-order valence-corrected chi connectivity index (χ0v) is 23.5. The second-order valence-electron chi connectivity index (χ2n) is 9.15. The van der Waals surface area contributed by atoms with Crippen LogP contribution >= 0.6 is 0 Å². The molecule has 2 aliphatic heterocycles. The van der Waals surface area contributed by atoms with Gasteiger partial charge in [0.2, 0.25) is 0 Å². The van der Waals surface area contributed by atoms with Crippen molar-refractivity contribution in [3.05, 3.63) is 47.6 Å². The summed E-state index contributed by atoms with van der Waals surface area (Å²) in [6.45, 7) is 16.4. The van der Waals surface area contributed by atoms with Gasteiger partial charge in [0, 0.05) is 62.2 Å². The summed E-state index contributed by atoms with van der Waals surface area (Å²) in [6, 6.07) is 2.04. The van der Waals surface area contributed by atoms with Crippen LogP contribution in [-0.4, -0.2) is 91.8 Å². The third-order valence-electron chi connectivity index (χ3n) is 4.77. The molecular weight excluding hydrogens is 488 g/mol. The summed E-state index contributed by atoms with van der Waals surface area (Å²) in [7, 11) is -1.33. The molecule has 2 aromatic heterocycles. The number of aromatic nitrogens is 4. The Bertz CT molecular complexity index is 964. The first kappa shape index (κ1) is 31.9. The number of carbonyl (C=O) groups is 1. The summed E-state index contributed by atoms with van der Waals surface area (Å²) in [5.74, 6) is 1.41. The Kier molecular flexibility index (Phi) is 15.7. The molecule has 4 heterocycles. The third-order valence-corrected chi connectivity index (χ3v) is 5.44. The maximum atomic E-state index is 10.0. The van der Waals surface area contributed by atoms with Gasteiger partial charge in [0.1, 0.15) is 17.7 Å². The normalized spacial score (nSPS) is 16.0. The van der Waals surface area contributed by atoms with Gasteiger partial charge in [0.25, 0.3) is 0 Å².